The van der Waals surface area contributed by atoms with Crippen molar-refractivity contribution in [1.82, 2.24) is 5.32 Å². The van der Waals surface area contributed by atoms with E-state index in [4.69, 9.17) is 10.2 Å². The van der Waals surface area contributed by atoms with Gasteiger partial charge in [0.1, 0.15) is 0 Å². The normalized spacial score (nSPS) is 11.8. The second-order valence-corrected chi connectivity index (χ2v) is 5.07. The van der Waals surface area contributed by atoms with Crippen molar-refractivity contribution in [3.05, 3.63) is 53.5 Å². The van der Waals surface area contributed by atoms with Crippen LogP contribution in [0.4, 0.5) is 5.69 Å². The van der Waals surface area contributed by atoms with Crippen LogP contribution in [0.2, 0.25) is 0 Å². The van der Waals surface area contributed by atoms with E-state index in [1.807, 2.05) is 13.8 Å². The molecule has 2 amide bonds. The van der Waals surface area contributed by atoms with E-state index >= 15 is 0 Å². The van der Waals surface area contributed by atoms with Gasteiger partial charge in [-0.05, 0) is 43.7 Å². The van der Waals surface area contributed by atoms with Crippen LogP contribution in [0.15, 0.2) is 41.0 Å². The molecular weight excluding hydrogens is 282 g/mol. The zero-order chi connectivity index (χ0) is 16.1. The van der Waals surface area contributed by atoms with Crippen molar-refractivity contribution in [2.75, 3.05) is 11.9 Å². The van der Waals surface area contributed by atoms with Crippen molar-refractivity contribution < 1.29 is 14.0 Å². The minimum atomic E-state index is -0.360. The standard InChI is InChI=1S/C16H19N3O3/c1-10-5-6-12(15(20)18-11(2)9-17)8-13(10)19-16(21)14-4-3-7-22-14/h3-8,11H,9,17H2,1-2H3,(H,18,20)(H,19,21)/t11-/m0/s1. The fourth-order valence-electron chi connectivity index (χ4n) is 1.86. The maximum atomic E-state index is 12.1. The molecule has 116 valence electrons. The molecule has 1 atom stereocenters. The molecule has 0 fully saturated rings. The van der Waals surface area contributed by atoms with Gasteiger partial charge in [-0.1, -0.05) is 6.07 Å². The van der Waals surface area contributed by atoms with Crippen molar-refractivity contribution >= 4 is 17.5 Å². The molecule has 6 nitrogen and oxygen atoms in total. The number of hydrogen-bond donors (Lipinski definition) is 3. The second-order valence-electron chi connectivity index (χ2n) is 5.07. The summed E-state index contributed by atoms with van der Waals surface area (Å²) in [6, 6.07) is 8.21. The number of carbonyl (C=O) groups is 2. The van der Waals surface area contributed by atoms with Crippen LogP contribution in [-0.4, -0.2) is 24.4 Å². The topological polar surface area (TPSA) is 97.4 Å². The Balaban J connectivity index is 2.16. The third-order valence-corrected chi connectivity index (χ3v) is 3.22. The van der Waals surface area contributed by atoms with Gasteiger partial charge in [-0.2, -0.15) is 0 Å². The molecule has 1 heterocycles. The zero-order valence-corrected chi connectivity index (χ0v) is 12.6. The summed E-state index contributed by atoms with van der Waals surface area (Å²) in [6.07, 6.45) is 1.43. The van der Waals surface area contributed by atoms with Crippen molar-refractivity contribution in [1.29, 1.82) is 0 Å². The Labute approximate surface area is 128 Å². The highest BCUT2D eigenvalue weighted by Crippen LogP contribution is 2.18. The first-order chi connectivity index (χ1) is 10.5. The van der Waals surface area contributed by atoms with Crippen molar-refractivity contribution in [3.63, 3.8) is 0 Å². The average molecular weight is 301 g/mol. The smallest absolute Gasteiger partial charge is 0.291 e. The Kier molecular flexibility index (Phi) is 4.95. The predicted molar refractivity (Wildman–Crippen MR) is 83.8 cm³/mol. The van der Waals surface area contributed by atoms with Crippen LogP contribution in [0.1, 0.15) is 33.4 Å². The van der Waals surface area contributed by atoms with E-state index < -0.39 is 0 Å². The highest BCUT2D eigenvalue weighted by atomic mass is 16.3. The highest BCUT2D eigenvalue weighted by molar-refractivity contribution is 6.03. The van der Waals surface area contributed by atoms with Gasteiger partial charge in [-0.15, -0.1) is 0 Å². The number of carbonyl (C=O) groups excluding carboxylic acids is 2. The molecule has 0 aliphatic carbocycles. The monoisotopic (exact) mass is 301 g/mol. The number of nitrogens with two attached hydrogens (primary N) is 1. The van der Waals surface area contributed by atoms with E-state index in [0.717, 1.165) is 5.56 Å². The lowest BCUT2D eigenvalue weighted by Crippen LogP contribution is -2.37. The molecular formula is C16H19N3O3. The average Bonchev–Trinajstić information content (AvgIpc) is 3.03. The molecule has 0 aliphatic heterocycles. The van der Waals surface area contributed by atoms with Crippen LogP contribution in [0, 0.1) is 6.92 Å². The maximum absolute atomic E-state index is 12.1. The third kappa shape index (κ3) is 3.73. The number of aryl methyl sites for hydroxylation is 1. The van der Waals surface area contributed by atoms with Crippen LogP contribution in [0.3, 0.4) is 0 Å². The van der Waals surface area contributed by atoms with Gasteiger partial charge in [0.15, 0.2) is 5.76 Å². The van der Waals surface area contributed by atoms with Crippen LogP contribution >= 0.6 is 0 Å². The summed E-state index contributed by atoms with van der Waals surface area (Å²) in [5.41, 5.74) is 7.36. The molecule has 0 saturated heterocycles. The summed E-state index contributed by atoms with van der Waals surface area (Å²) in [6.45, 7) is 4.04. The van der Waals surface area contributed by atoms with E-state index in [0.29, 0.717) is 17.8 Å². The van der Waals surface area contributed by atoms with Gasteiger partial charge in [-0.3, -0.25) is 9.59 Å². The maximum Gasteiger partial charge on any atom is 0.291 e. The molecule has 22 heavy (non-hydrogen) atoms. The van der Waals surface area contributed by atoms with E-state index in [2.05, 4.69) is 10.6 Å². The first kappa shape index (κ1) is 15.8. The fourth-order valence-corrected chi connectivity index (χ4v) is 1.86. The molecule has 2 rings (SSSR count). The summed E-state index contributed by atoms with van der Waals surface area (Å²) in [5, 5.41) is 5.52. The first-order valence-electron chi connectivity index (χ1n) is 6.97. The molecule has 0 radical (unpaired) electrons. The number of furan rings is 1. The lowest BCUT2D eigenvalue weighted by molar-refractivity contribution is 0.0939. The predicted octanol–water partition coefficient (Wildman–Crippen LogP) is 1.92. The van der Waals surface area contributed by atoms with Gasteiger partial charge in [0.05, 0.1) is 6.26 Å². The van der Waals surface area contributed by atoms with Crippen LogP contribution < -0.4 is 16.4 Å². The number of hydrogen-bond acceptors (Lipinski definition) is 4. The summed E-state index contributed by atoms with van der Waals surface area (Å²) in [5.74, 6) is -0.376. The Morgan fingerprint density at radius 3 is 2.68 bits per heavy atom. The molecule has 0 unspecified atom stereocenters. The molecule has 1 aromatic heterocycles. The van der Waals surface area contributed by atoms with Crippen molar-refractivity contribution in [2.45, 2.75) is 19.9 Å². The van der Waals surface area contributed by atoms with Crippen molar-refractivity contribution in [2.24, 2.45) is 5.73 Å². The van der Waals surface area contributed by atoms with E-state index in [9.17, 15) is 9.59 Å². The SMILES string of the molecule is Cc1ccc(C(=O)N[C@@H](C)CN)cc1NC(=O)c1ccco1. The molecule has 0 saturated carbocycles. The summed E-state index contributed by atoms with van der Waals surface area (Å²) < 4.78 is 5.05. The Morgan fingerprint density at radius 1 is 1.27 bits per heavy atom. The van der Waals surface area contributed by atoms with Gasteiger partial charge in [0, 0.05) is 23.8 Å². The number of benzene rings is 1. The minimum Gasteiger partial charge on any atom is -0.459 e. The third-order valence-electron chi connectivity index (χ3n) is 3.22. The van der Waals surface area contributed by atoms with Gasteiger partial charge in [0.25, 0.3) is 11.8 Å². The Morgan fingerprint density at radius 2 is 2.05 bits per heavy atom. The van der Waals surface area contributed by atoms with Gasteiger partial charge in [0.2, 0.25) is 0 Å². The van der Waals surface area contributed by atoms with Crippen LogP contribution in [0.5, 0.6) is 0 Å². The zero-order valence-electron chi connectivity index (χ0n) is 12.6. The van der Waals surface area contributed by atoms with Crippen LogP contribution in [-0.2, 0) is 0 Å². The molecule has 2 aromatic rings. The largest absolute Gasteiger partial charge is 0.459 e. The number of rotatable bonds is 5. The van der Waals surface area contributed by atoms with Gasteiger partial charge in [-0.25, -0.2) is 0 Å². The minimum absolute atomic E-state index is 0.116. The van der Waals surface area contributed by atoms with Gasteiger partial charge < -0.3 is 20.8 Å². The fraction of sp³-hybridized carbons (Fsp3) is 0.250. The number of nitrogens with one attached hydrogen (secondary N) is 2. The Bertz CT molecular complexity index is 665. The van der Waals surface area contributed by atoms with E-state index in [-0.39, 0.29) is 23.6 Å². The second kappa shape index (κ2) is 6.91. The molecule has 1 aromatic carbocycles. The molecule has 4 N–H and O–H groups in total. The summed E-state index contributed by atoms with van der Waals surface area (Å²) >= 11 is 0. The molecule has 0 spiro atoms. The van der Waals surface area contributed by atoms with Gasteiger partial charge >= 0.3 is 0 Å². The quantitative estimate of drug-likeness (QED) is 0.786. The first-order valence-corrected chi connectivity index (χ1v) is 6.97. The van der Waals surface area contributed by atoms with E-state index in [1.165, 1.54) is 6.26 Å². The molecule has 6 heteroatoms. The lowest BCUT2D eigenvalue weighted by atomic mass is 10.1. The Hall–Kier alpha value is -2.60. The number of anilines is 1. The summed E-state index contributed by atoms with van der Waals surface area (Å²) in [7, 11) is 0. The summed E-state index contributed by atoms with van der Waals surface area (Å²) in [4.78, 5) is 24.1. The molecule has 0 aliphatic rings. The highest BCUT2D eigenvalue weighted by Gasteiger charge is 2.13. The number of amides is 2. The lowest BCUT2D eigenvalue weighted by Gasteiger charge is -2.13. The van der Waals surface area contributed by atoms with E-state index in [1.54, 1.807) is 30.3 Å². The van der Waals surface area contributed by atoms with Crippen LogP contribution in [0.25, 0.3) is 0 Å². The molecule has 0 bridgehead atoms. The van der Waals surface area contributed by atoms with Crippen molar-refractivity contribution in [3.8, 4) is 0 Å².